The predicted molar refractivity (Wildman–Crippen MR) is 81.6 cm³/mol. The van der Waals surface area contributed by atoms with Gasteiger partial charge in [-0.25, -0.2) is 8.42 Å². The molecular formula is C15H22F3NO3S. The fourth-order valence-electron chi connectivity index (χ4n) is 2.43. The van der Waals surface area contributed by atoms with Gasteiger partial charge in [0, 0.05) is 19.7 Å². The first-order valence-electron chi connectivity index (χ1n) is 7.37. The van der Waals surface area contributed by atoms with Crippen molar-refractivity contribution < 1.29 is 26.3 Å². The third kappa shape index (κ3) is 4.68. The van der Waals surface area contributed by atoms with Gasteiger partial charge in [0.25, 0.3) is 0 Å². The molecule has 0 aliphatic heterocycles. The molecule has 0 fully saturated rings. The molecule has 0 amide bonds. The molecule has 0 heterocycles. The van der Waals surface area contributed by atoms with Crippen LogP contribution in [0.1, 0.15) is 32.3 Å². The Hall–Kier alpha value is -1.12. The standard InChI is InChI=1S/C15H22F3NO3S/c1-4-12(5-2)19(10-11-22-3)23(20,21)14-9-7-6-8-13(14)15(16,17)18/h6-9,12H,4-5,10-11H2,1-3H3. The van der Waals surface area contributed by atoms with Gasteiger partial charge in [0.15, 0.2) is 0 Å². The lowest BCUT2D eigenvalue weighted by atomic mass is 10.2. The number of nitrogens with zero attached hydrogens (tertiary/aromatic N) is 1. The zero-order valence-corrected chi connectivity index (χ0v) is 14.2. The summed E-state index contributed by atoms with van der Waals surface area (Å²) in [6.45, 7) is 3.74. The fraction of sp³-hybridized carbons (Fsp3) is 0.600. The zero-order valence-electron chi connectivity index (χ0n) is 13.4. The largest absolute Gasteiger partial charge is 0.417 e. The molecule has 0 spiro atoms. The van der Waals surface area contributed by atoms with Crippen LogP contribution in [0.15, 0.2) is 29.2 Å². The molecule has 0 radical (unpaired) electrons. The minimum atomic E-state index is -4.73. The number of halogens is 3. The molecule has 0 unspecified atom stereocenters. The highest BCUT2D eigenvalue weighted by molar-refractivity contribution is 7.89. The Balaban J connectivity index is 3.41. The van der Waals surface area contributed by atoms with Crippen molar-refractivity contribution in [2.24, 2.45) is 0 Å². The van der Waals surface area contributed by atoms with Gasteiger partial charge in [-0.05, 0) is 25.0 Å². The van der Waals surface area contributed by atoms with Crippen LogP contribution in [0, 0.1) is 0 Å². The Kier molecular flexibility index (Phi) is 7.03. The van der Waals surface area contributed by atoms with Crippen LogP contribution in [0.4, 0.5) is 13.2 Å². The van der Waals surface area contributed by atoms with E-state index in [-0.39, 0.29) is 19.2 Å². The Morgan fingerprint density at radius 2 is 1.74 bits per heavy atom. The smallest absolute Gasteiger partial charge is 0.383 e. The number of methoxy groups -OCH3 is 1. The molecular weight excluding hydrogens is 331 g/mol. The van der Waals surface area contributed by atoms with Gasteiger partial charge in [-0.15, -0.1) is 0 Å². The van der Waals surface area contributed by atoms with Gasteiger partial charge in [-0.2, -0.15) is 17.5 Å². The summed E-state index contributed by atoms with van der Waals surface area (Å²) in [4.78, 5) is -0.712. The molecule has 0 saturated carbocycles. The van der Waals surface area contributed by atoms with Gasteiger partial charge in [-0.1, -0.05) is 26.0 Å². The minimum Gasteiger partial charge on any atom is -0.383 e. The SMILES string of the molecule is CCC(CC)N(CCOC)S(=O)(=O)c1ccccc1C(F)(F)F. The van der Waals surface area contributed by atoms with Crippen molar-refractivity contribution in [3.05, 3.63) is 29.8 Å². The predicted octanol–water partition coefficient (Wildman–Crippen LogP) is 3.53. The highest BCUT2D eigenvalue weighted by Crippen LogP contribution is 2.35. The van der Waals surface area contributed by atoms with E-state index in [9.17, 15) is 21.6 Å². The monoisotopic (exact) mass is 353 g/mol. The molecule has 4 nitrogen and oxygen atoms in total. The van der Waals surface area contributed by atoms with Crippen LogP contribution in [0.5, 0.6) is 0 Å². The Bertz CT molecular complexity index is 598. The Morgan fingerprint density at radius 3 is 2.22 bits per heavy atom. The number of sulfonamides is 1. The molecule has 0 aliphatic carbocycles. The summed E-state index contributed by atoms with van der Waals surface area (Å²) in [5.74, 6) is 0. The van der Waals surface area contributed by atoms with Crippen LogP contribution in [0.2, 0.25) is 0 Å². The summed E-state index contributed by atoms with van der Waals surface area (Å²) >= 11 is 0. The van der Waals surface area contributed by atoms with Gasteiger partial charge in [0.05, 0.1) is 17.1 Å². The molecule has 0 bridgehead atoms. The average Bonchev–Trinajstić information content (AvgIpc) is 2.50. The first-order valence-corrected chi connectivity index (χ1v) is 8.81. The van der Waals surface area contributed by atoms with E-state index in [1.807, 2.05) is 0 Å². The highest BCUT2D eigenvalue weighted by Gasteiger charge is 2.39. The van der Waals surface area contributed by atoms with Gasteiger partial charge < -0.3 is 4.74 Å². The van der Waals surface area contributed by atoms with Crippen LogP contribution in [-0.2, 0) is 20.9 Å². The minimum absolute atomic E-state index is 0.0113. The average molecular weight is 353 g/mol. The fourth-order valence-corrected chi connectivity index (χ4v) is 4.40. The van der Waals surface area contributed by atoms with E-state index in [2.05, 4.69) is 0 Å². The molecule has 0 N–H and O–H groups in total. The molecule has 0 atom stereocenters. The number of alkyl halides is 3. The molecule has 1 aromatic rings. The quantitative estimate of drug-likeness (QED) is 0.718. The van der Waals surface area contributed by atoms with Crippen molar-refractivity contribution >= 4 is 10.0 Å². The van der Waals surface area contributed by atoms with Crippen molar-refractivity contribution in [1.82, 2.24) is 4.31 Å². The number of hydrogen-bond donors (Lipinski definition) is 0. The summed E-state index contributed by atoms with van der Waals surface area (Å²) < 4.78 is 71.1. The van der Waals surface area contributed by atoms with Gasteiger partial charge in [0.1, 0.15) is 0 Å². The highest BCUT2D eigenvalue weighted by atomic mass is 32.2. The van der Waals surface area contributed by atoms with Crippen LogP contribution in [0.3, 0.4) is 0 Å². The molecule has 8 heteroatoms. The first-order chi connectivity index (χ1) is 10.7. The Morgan fingerprint density at radius 1 is 1.17 bits per heavy atom. The molecule has 1 aromatic carbocycles. The molecule has 23 heavy (non-hydrogen) atoms. The van der Waals surface area contributed by atoms with Gasteiger partial charge >= 0.3 is 6.18 Å². The summed E-state index contributed by atoms with van der Waals surface area (Å²) in [6, 6.07) is 3.88. The van der Waals surface area contributed by atoms with E-state index < -0.39 is 26.7 Å². The third-order valence-corrected chi connectivity index (χ3v) is 5.65. The molecule has 0 saturated heterocycles. The second kappa shape index (κ2) is 8.12. The Labute approximate surface area is 135 Å². The molecule has 0 aromatic heterocycles. The van der Waals surface area contributed by atoms with Crippen molar-refractivity contribution in [3.63, 3.8) is 0 Å². The number of rotatable bonds is 8. The van der Waals surface area contributed by atoms with E-state index in [0.717, 1.165) is 16.4 Å². The van der Waals surface area contributed by atoms with E-state index >= 15 is 0 Å². The second-order valence-corrected chi connectivity index (χ2v) is 6.93. The maximum absolute atomic E-state index is 13.2. The van der Waals surface area contributed by atoms with Crippen LogP contribution >= 0.6 is 0 Å². The van der Waals surface area contributed by atoms with Crippen LogP contribution in [-0.4, -0.2) is 39.0 Å². The second-order valence-electron chi connectivity index (χ2n) is 5.07. The van der Waals surface area contributed by atoms with E-state index in [0.29, 0.717) is 12.8 Å². The number of benzene rings is 1. The molecule has 0 aliphatic rings. The van der Waals surface area contributed by atoms with Crippen molar-refractivity contribution in [2.75, 3.05) is 20.3 Å². The van der Waals surface area contributed by atoms with Crippen molar-refractivity contribution in [3.8, 4) is 0 Å². The van der Waals surface area contributed by atoms with Crippen LogP contribution < -0.4 is 0 Å². The van der Waals surface area contributed by atoms with Gasteiger partial charge in [-0.3, -0.25) is 0 Å². The van der Waals surface area contributed by atoms with Crippen molar-refractivity contribution in [1.29, 1.82) is 0 Å². The van der Waals surface area contributed by atoms with E-state index in [1.54, 1.807) is 13.8 Å². The van der Waals surface area contributed by atoms with E-state index in [1.165, 1.54) is 19.2 Å². The lowest BCUT2D eigenvalue weighted by Crippen LogP contribution is -2.42. The first kappa shape index (κ1) is 19.9. The summed E-state index contributed by atoms with van der Waals surface area (Å²) in [6.07, 6.45) is -3.72. The maximum atomic E-state index is 13.2. The summed E-state index contributed by atoms with van der Waals surface area (Å²) in [5, 5.41) is 0. The summed E-state index contributed by atoms with van der Waals surface area (Å²) in [5.41, 5.74) is -1.15. The lowest BCUT2D eigenvalue weighted by molar-refractivity contribution is -0.139. The van der Waals surface area contributed by atoms with Crippen LogP contribution in [0.25, 0.3) is 0 Å². The number of hydrogen-bond acceptors (Lipinski definition) is 3. The lowest BCUT2D eigenvalue weighted by Gasteiger charge is -2.30. The van der Waals surface area contributed by atoms with Gasteiger partial charge in [0.2, 0.25) is 10.0 Å². The molecule has 132 valence electrons. The van der Waals surface area contributed by atoms with E-state index in [4.69, 9.17) is 4.74 Å². The van der Waals surface area contributed by atoms with Crippen molar-refractivity contribution in [2.45, 2.75) is 43.8 Å². The summed E-state index contributed by atoms with van der Waals surface area (Å²) in [7, 11) is -2.86. The normalized spacial score (nSPS) is 13.0. The third-order valence-electron chi connectivity index (χ3n) is 3.64. The maximum Gasteiger partial charge on any atom is 0.417 e. The zero-order chi connectivity index (χ0) is 17.7. The number of ether oxygens (including phenoxy) is 1. The topological polar surface area (TPSA) is 46.6 Å². The molecule has 1 rings (SSSR count).